The molecule has 0 aliphatic carbocycles. The number of rotatable bonds is 3. The van der Waals surface area contributed by atoms with E-state index in [1.54, 1.807) is 18.3 Å². The van der Waals surface area contributed by atoms with Gasteiger partial charge in [0, 0.05) is 16.3 Å². The molecule has 0 amide bonds. The van der Waals surface area contributed by atoms with Crippen LogP contribution in [0.25, 0.3) is 0 Å². The third-order valence-corrected chi connectivity index (χ3v) is 2.75. The molecule has 0 unspecified atom stereocenters. The average Bonchev–Trinajstić information content (AvgIpc) is 2.30. The second kappa shape index (κ2) is 5.25. The third-order valence-electron chi connectivity index (χ3n) is 2.11. The third kappa shape index (κ3) is 3.16. The summed E-state index contributed by atoms with van der Waals surface area (Å²) in [7, 11) is 0. The van der Waals surface area contributed by atoms with Crippen molar-refractivity contribution in [3.05, 3.63) is 57.5 Å². The minimum atomic E-state index is -0.212. The van der Waals surface area contributed by atoms with Crippen molar-refractivity contribution in [2.24, 2.45) is 0 Å². The van der Waals surface area contributed by atoms with Crippen molar-refractivity contribution in [3.8, 4) is 0 Å². The van der Waals surface area contributed by atoms with Crippen LogP contribution in [-0.2, 0) is 6.54 Å². The van der Waals surface area contributed by atoms with E-state index >= 15 is 0 Å². The number of nitrogens with zero attached hydrogens (tertiary/aromatic N) is 1. The first-order valence-corrected chi connectivity index (χ1v) is 5.92. The highest BCUT2D eigenvalue weighted by Gasteiger charge is 1.96. The largest absolute Gasteiger partial charge is 0.366 e. The molecule has 0 spiro atoms. The highest BCUT2D eigenvalue weighted by Crippen LogP contribution is 2.09. The highest BCUT2D eigenvalue weighted by molar-refractivity contribution is 14.1. The topological polar surface area (TPSA) is 24.9 Å². The summed E-state index contributed by atoms with van der Waals surface area (Å²) in [5, 5.41) is 3.17. The number of benzene rings is 1. The van der Waals surface area contributed by atoms with E-state index in [1.165, 1.54) is 12.1 Å². The summed E-state index contributed by atoms with van der Waals surface area (Å²) in [5.74, 6) is 0.612. The van der Waals surface area contributed by atoms with Gasteiger partial charge >= 0.3 is 0 Å². The van der Waals surface area contributed by atoms with Crippen molar-refractivity contribution in [2.75, 3.05) is 5.32 Å². The molecule has 0 saturated heterocycles. The predicted octanol–water partition coefficient (Wildman–Crippen LogP) is 3.44. The van der Waals surface area contributed by atoms with Crippen molar-refractivity contribution in [2.45, 2.75) is 6.54 Å². The molecule has 0 saturated carbocycles. The number of nitrogens with one attached hydrogen (secondary N) is 1. The number of hydrogen-bond acceptors (Lipinski definition) is 2. The van der Waals surface area contributed by atoms with Crippen LogP contribution in [0.3, 0.4) is 0 Å². The van der Waals surface area contributed by atoms with E-state index in [2.05, 4.69) is 32.9 Å². The fraction of sp³-hybridized carbons (Fsp3) is 0.0833. The molecule has 1 aromatic heterocycles. The van der Waals surface area contributed by atoms with Crippen molar-refractivity contribution < 1.29 is 4.39 Å². The zero-order chi connectivity index (χ0) is 11.4. The van der Waals surface area contributed by atoms with Crippen LogP contribution in [0.4, 0.5) is 10.2 Å². The van der Waals surface area contributed by atoms with Gasteiger partial charge in [0.1, 0.15) is 11.6 Å². The summed E-state index contributed by atoms with van der Waals surface area (Å²) in [6.45, 7) is 0.647. The molecule has 0 atom stereocenters. The quantitative estimate of drug-likeness (QED) is 0.873. The Morgan fingerprint density at radius 2 is 1.88 bits per heavy atom. The van der Waals surface area contributed by atoms with E-state index in [9.17, 15) is 4.39 Å². The van der Waals surface area contributed by atoms with E-state index in [0.717, 1.165) is 15.0 Å². The molecule has 1 heterocycles. The minimum absolute atomic E-state index is 0.212. The van der Waals surface area contributed by atoms with Crippen molar-refractivity contribution in [3.63, 3.8) is 0 Å². The lowest BCUT2D eigenvalue weighted by molar-refractivity contribution is 0.627. The fourth-order valence-corrected chi connectivity index (χ4v) is 1.59. The second-order valence-corrected chi connectivity index (χ2v) is 4.59. The molecule has 1 N–H and O–H groups in total. The first-order valence-electron chi connectivity index (χ1n) is 4.84. The molecule has 0 aliphatic rings. The van der Waals surface area contributed by atoms with Crippen LogP contribution in [-0.4, -0.2) is 4.98 Å². The van der Waals surface area contributed by atoms with Gasteiger partial charge in [-0.2, -0.15) is 0 Å². The molecule has 0 fully saturated rings. The van der Waals surface area contributed by atoms with E-state index in [0.29, 0.717) is 6.54 Å². The van der Waals surface area contributed by atoms with E-state index < -0.39 is 0 Å². The molecule has 0 radical (unpaired) electrons. The molecule has 2 rings (SSSR count). The Labute approximate surface area is 107 Å². The van der Waals surface area contributed by atoms with Gasteiger partial charge in [-0.15, -0.1) is 0 Å². The van der Waals surface area contributed by atoms with Crippen molar-refractivity contribution >= 4 is 28.4 Å². The molecular formula is C12H10FIN2. The Kier molecular flexibility index (Phi) is 3.71. The van der Waals surface area contributed by atoms with Gasteiger partial charge in [0.15, 0.2) is 0 Å². The molecule has 2 nitrogen and oxygen atoms in total. The highest BCUT2D eigenvalue weighted by atomic mass is 127. The number of anilines is 1. The zero-order valence-corrected chi connectivity index (χ0v) is 10.6. The van der Waals surface area contributed by atoms with Gasteiger partial charge in [-0.3, -0.25) is 0 Å². The Balaban J connectivity index is 1.97. The average molecular weight is 328 g/mol. The number of hydrogen-bond donors (Lipinski definition) is 1. The molecule has 0 aliphatic heterocycles. The van der Waals surface area contributed by atoms with Crippen LogP contribution in [0.2, 0.25) is 0 Å². The second-order valence-electron chi connectivity index (χ2n) is 3.34. The van der Waals surface area contributed by atoms with Crippen LogP contribution in [0.1, 0.15) is 5.56 Å². The number of halogens is 2. The summed E-state index contributed by atoms with van der Waals surface area (Å²) in [6.07, 6.45) is 1.80. The van der Waals surface area contributed by atoms with Gasteiger partial charge in [-0.05, 0) is 52.4 Å². The Hall–Kier alpha value is -1.17. The summed E-state index contributed by atoms with van der Waals surface area (Å²) in [5.41, 5.74) is 1.03. The van der Waals surface area contributed by atoms with Crippen LogP contribution in [0, 0.1) is 9.39 Å². The van der Waals surface area contributed by atoms with E-state index in [-0.39, 0.29) is 5.82 Å². The Morgan fingerprint density at radius 3 is 2.50 bits per heavy atom. The van der Waals surface area contributed by atoms with Gasteiger partial charge in [-0.1, -0.05) is 12.1 Å². The monoisotopic (exact) mass is 328 g/mol. The molecular weight excluding hydrogens is 318 g/mol. The molecule has 2 aromatic rings. The van der Waals surface area contributed by atoms with Crippen LogP contribution in [0.15, 0.2) is 42.6 Å². The Bertz CT molecular complexity index is 408. The summed E-state index contributed by atoms with van der Waals surface area (Å²) in [6, 6.07) is 10.3. The maximum Gasteiger partial charge on any atom is 0.126 e. The van der Waals surface area contributed by atoms with Crippen molar-refractivity contribution in [1.82, 2.24) is 4.98 Å². The maximum atomic E-state index is 12.7. The van der Waals surface area contributed by atoms with Crippen LogP contribution < -0.4 is 5.32 Å². The lowest BCUT2D eigenvalue weighted by Crippen LogP contribution is -2.01. The summed E-state index contributed by atoms with van der Waals surface area (Å²) >= 11 is 2.21. The minimum Gasteiger partial charge on any atom is -0.366 e. The molecule has 4 heteroatoms. The van der Waals surface area contributed by atoms with Gasteiger partial charge in [0.2, 0.25) is 0 Å². The molecule has 1 aromatic carbocycles. The molecule has 16 heavy (non-hydrogen) atoms. The number of pyridine rings is 1. The van der Waals surface area contributed by atoms with Crippen LogP contribution in [0.5, 0.6) is 0 Å². The van der Waals surface area contributed by atoms with E-state index in [1.807, 2.05) is 12.1 Å². The van der Waals surface area contributed by atoms with E-state index in [4.69, 9.17) is 0 Å². The van der Waals surface area contributed by atoms with Crippen molar-refractivity contribution in [1.29, 1.82) is 0 Å². The molecule has 82 valence electrons. The smallest absolute Gasteiger partial charge is 0.126 e. The number of aromatic nitrogens is 1. The lowest BCUT2D eigenvalue weighted by Gasteiger charge is -2.05. The summed E-state index contributed by atoms with van der Waals surface area (Å²) in [4.78, 5) is 4.22. The normalized spacial score (nSPS) is 10.1. The van der Waals surface area contributed by atoms with Gasteiger partial charge in [-0.25, -0.2) is 9.37 Å². The maximum absolute atomic E-state index is 12.7. The van der Waals surface area contributed by atoms with Gasteiger partial charge in [0.25, 0.3) is 0 Å². The standard InChI is InChI=1S/C12H10FIN2/c13-10-3-1-9(2-4-10)7-15-12-6-5-11(14)8-16-12/h1-6,8H,7H2,(H,15,16). The van der Waals surface area contributed by atoms with Gasteiger partial charge < -0.3 is 5.32 Å². The lowest BCUT2D eigenvalue weighted by atomic mass is 10.2. The van der Waals surface area contributed by atoms with Crippen LogP contribution >= 0.6 is 22.6 Å². The summed E-state index contributed by atoms with van der Waals surface area (Å²) < 4.78 is 13.8. The van der Waals surface area contributed by atoms with Gasteiger partial charge in [0.05, 0.1) is 0 Å². The fourth-order valence-electron chi connectivity index (χ4n) is 1.28. The predicted molar refractivity (Wildman–Crippen MR) is 70.7 cm³/mol. The first-order chi connectivity index (χ1) is 7.74. The first kappa shape index (κ1) is 11.3. The SMILES string of the molecule is Fc1ccc(CNc2ccc(I)cn2)cc1. The Morgan fingerprint density at radius 1 is 1.12 bits per heavy atom. The molecule has 0 bridgehead atoms. The zero-order valence-electron chi connectivity index (χ0n) is 8.45.